The fourth-order valence-corrected chi connectivity index (χ4v) is 4.93. The standard InChI is InChI=1S/C27H24F3N3O3S/c28-20-10-9-19(23(30)13-20)15-33(27-32-24(16-37-27)21-3-1-2-4-22(21)29)14-17-5-7-18(8-6-17)26(36)31-12-11-25(34)35/h1-10,13,24H,11-12,14-16H2,(H,31,36)(H,34,35). The number of halogens is 3. The fourth-order valence-electron chi connectivity index (χ4n) is 3.85. The van der Waals surface area contributed by atoms with Gasteiger partial charge >= 0.3 is 5.97 Å². The maximum atomic E-state index is 14.5. The third-order valence-corrected chi connectivity index (χ3v) is 6.87. The van der Waals surface area contributed by atoms with Gasteiger partial charge in [-0.3, -0.25) is 14.6 Å². The minimum Gasteiger partial charge on any atom is -0.481 e. The SMILES string of the molecule is O=C(O)CCNC(=O)c1ccc(CN(Cc2ccc(F)cc2F)C2=NC(c3ccccc3F)CS2)cc1. The molecule has 3 aromatic carbocycles. The Kier molecular flexibility index (Phi) is 8.50. The summed E-state index contributed by atoms with van der Waals surface area (Å²) in [6.07, 6.45) is -0.174. The van der Waals surface area contributed by atoms with Crippen molar-refractivity contribution in [1.82, 2.24) is 10.2 Å². The van der Waals surface area contributed by atoms with Crippen LogP contribution >= 0.6 is 11.8 Å². The van der Waals surface area contributed by atoms with Crippen molar-refractivity contribution >= 4 is 28.8 Å². The topological polar surface area (TPSA) is 82.0 Å². The molecule has 0 aliphatic carbocycles. The van der Waals surface area contributed by atoms with Gasteiger partial charge in [-0.1, -0.05) is 48.2 Å². The van der Waals surface area contributed by atoms with Crippen LogP contribution in [0.3, 0.4) is 0 Å². The van der Waals surface area contributed by atoms with Gasteiger partial charge in [-0.15, -0.1) is 0 Å². The van der Waals surface area contributed by atoms with Crippen LogP contribution in [0.25, 0.3) is 0 Å². The van der Waals surface area contributed by atoms with Gasteiger partial charge in [0.05, 0.1) is 12.5 Å². The van der Waals surface area contributed by atoms with Gasteiger partial charge in [0.25, 0.3) is 5.91 Å². The number of hydrogen-bond acceptors (Lipinski definition) is 5. The molecular weight excluding hydrogens is 503 g/mol. The number of nitrogens with zero attached hydrogens (tertiary/aromatic N) is 2. The number of rotatable bonds is 9. The van der Waals surface area contributed by atoms with Crippen LogP contribution in [0, 0.1) is 17.5 Å². The van der Waals surface area contributed by atoms with E-state index in [1.807, 2.05) is 4.90 Å². The van der Waals surface area contributed by atoms with E-state index in [4.69, 9.17) is 10.1 Å². The van der Waals surface area contributed by atoms with E-state index >= 15 is 0 Å². The van der Waals surface area contributed by atoms with Crippen LogP contribution in [0.1, 0.15) is 39.5 Å². The summed E-state index contributed by atoms with van der Waals surface area (Å²) in [5.41, 5.74) is 1.95. The smallest absolute Gasteiger partial charge is 0.305 e. The third-order valence-electron chi connectivity index (χ3n) is 5.76. The molecule has 0 spiro atoms. The Labute approximate surface area is 216 Å². The highest BCUT2D eigenvalue weighted by Crippen LogP contribution is 2.34. The Morgan fingerprint density at radius 3 is 2.46 bits per heavy atom. The van der Waals surface area contributed by atoms with E-state index in [1.165, 1.54) is 30.0 Å². The van der Waals surface area contributed by atoms with Crippen molar-refractivity contribution in [2.45, 2.75) is 25.6 Å². The lowest BCUT2D eigenvalue weighted by Crippen LogP contribution is -2.28. The number of amidine groups is 1. The van der Waals surface area contributed by atoms with Crippen molar-refractivity contribution in [3.05, 3.63) is 106 Å². The van der Waals surface area contributed by atoms with Crippen molar-refractivity contribution in [1.29, 1.82) is 0 Å². The van der Waals surface area contributed by atoms with Crippen LogP contribution in [0.2, 0.25) is 0 Å². The number of carbonyl (C=O) groups is 2. The first kappa shape index (κ1) is 26.3. The summed E-state index contributed by atoms with van der Waals surface area (Å²) in [7, 11) is 0. The number of amides is 1. The molecule has 6 nitrogen and oxygen atoms in total. The first-order valence-electron chi connectivity index (χ1n) is 11.5. The lowest BCUT2D eigenvalue weighted by molar-refractivity contribution is -0.136. The predicted molar refractivity (Wildman–Crippen MR) is 136 cm³/mol. The molecular formula is C27H24F3N3O3S. The zero-order valence-electron chi connectivity index (χ0n) is 19.7. The summed E-state index contributed by atoms with van der Waals surface area (Å²) in [5, 5.41) is 11.9. The Balaban J connectivity index is 1.54. The molecule has 0 aromatic heterocycles. The van der Waals surface area contributed by atoms with Crippen LogP contribution in [0.5, 0.6) is 0 Å². The Morgan fingerprint density at radius 2 is 1.76 bits per heavy atom. The molecule has 10 heteroatoms. The second-order valence-electron chi connectivity index (χ2n) is 8.45. The van der Waals surface area contributed by atoms with E-state index < -0.39 is 23.6 Å². The highest BCUT2D eigenvalue weighted by Gasteiger charge is 2.26. The number of thioether (sulfide) groups is 1. The highest BCUT2D eigenvalue weighted by atomic mass is 32.2. The van der Waals surface area contributed by atoms with E-state index in [9.17, 15) is 22.8 Å². The van der Waals surface area contributed by atoms with E-state index in [2.05, 4.69) is 5.32 Å². The molecule has 0 radical (unpaired) electrons. The molecule has 1 heterocycles. The second-order valence-corrected chi connectivity index (χ2v) is 9.44. The van der Waals surface area contributed by atoms with E-state index in [1.54, 1.807) is 42.5 Å². The molecule has 0 bridgehead atoms. The molecule has 37 heavy (non-hydrogen) atoms. The maximum Gasteiger partial charge on any atom is 0.305 e. The van der Waals surface area contributed by atoms with Crippen LogP contribution in [0.4, 0.5) is 13.2 Å². The lowest BCUT2D eigenvalue weighted by Gasteiger charge is -2.24. The van der Waals surface area contributed by atoms with Gasteiger partial charge < -0.3 is 15.3 Å². The van der Waals surface area contributed by atoms with E-state index in [-0.39, 0.29) is 36.8 Å². The van der Waals surface area contributed by atoms with E-state index in [0.717, 1.165) is 11.6 Å². The summed E-state index contributed by atoms with van der Waals surface area (Å²) < 4.78 is 42.3. The average Bonchev–Trinajstić information content (AvgIpc) is 3.35. The van der Waals surface area contributed by atoms with Crippen molar-refractivity contribution in [2.24, 2.45) is 4.99 Å². The third kappa shape index (κ3) is 6.91. The molecule has 1 unspecified atom stereocenters. The van der Waals surface area contributed by atoms with Crippen LogP contribution in [0.15, 0.2) is 71.7 Å². The minimum atomic E-state index is -1.00. The fraction of sp³-hybridized carbons (Fsp3) is 0.222. The zero-order chi connectivity index (χ0) is 26.4. The quantitative estimate of drug-likeness (QED) is 0.402. The molecule has 4 rings (SSSR count). The number of carbonyl (C=O) groups excluding carboxylic acids is 1. The monoisotopic (exact) mass is 527 g/mol. The second kappa shape index (κ2) is 12.0. The first-order chi connectivity index (χ1) is 17.8. The van der Waals surface area contributed by atoms with Crippen LogP contribution in [-0.2, 0) is 17.9 Å². The minimum absolute atomic E-state index is 0.0210. The Bertz CT molecular complexity index is 1320. The largest absolute Gasteiger partial charge is 0.481 e. The summed E-state index contributed by atoms with van der Waals surface area (Å²) in [6, 6.07) is 16.2. The van der Waals surface area contributed by atoms with Gasteiger partial charge in [-0.05, 0) is 29.8 Å². The average molecular weight is 528 g/mol. The summed E-state index contributed by atoms with van der Waals surface area (Å²) in [5.74, 6) is -2.55. The van der Waals surface area contributed by atoms with Gasteiger partial charge in [0.2, 0.25) is 0 Å². The molecule has 192 valence electrons. The number of carboxylic acid groups (broad SMARTS) is 1. The first-order valence-corrected chi connectivity index (χ1v) is 12.5. The molecule has 1 amide bonds. The number of carboxylic acids is 1. The van der Waals surface area contributed by atoms with Crippen LogP contribution < -0.4 is 5.32 Å². The van der Waals surface area contributed by atoms with Gasteiger partial charge in [0.15, 0.2) is 5.17 Å². The van der Waals surface area contributed by atoms with E-state index in [0.29, 0.717) is 28.6 Å². The molecule has 1 aliphatic heterocycles. The summed E-state index contributed by atoms with van der Waals surface area (Å²) in [6.45, 7) is 0.445. The molecule has 3 aromatic rings. The number of nitrogens with one attached hydrogen (secondary N) is 1. The molecule has 2 N–H and O–H groups in total. The number of aliphatic imine (C=N–C) groups is 1. The molecule has 0 saturated carbocycles. The van der Waals surface area contributed by atoms with Gasteiger partial charge in [-0.2, -0.15) is 0 Å². The molecule has 1 atom stereocenters. The Morgan fingerprint density at radius 1 is 1.00 bits per heavy atom. The Hall–Kier alpha value is -3.79. The van der Waals surface area contributed by atoms with Crippen LogP contribution in [-0.4, -0.2) is 39.3 Å². The number of hydrogen-bond donors (Lipinski definition) is 2. The molecule has 0 fully saturated rings. The number of benzene rings is 3. The number of aliphatic carboxylic acids is 1. The van der Waals surface area contributed by atoms with Crippen molar-refractivity contribution < 1.29 is 27.9 Å². The summed E-state index contributed by atoms with van der Waals surface area (Å²) >= 11 is 1.43. The normalized spacial score (nSPS) is 14.8. The summed E-state index contributed by atoms with van der Waals surface area (Å²) in [4.78, 5) is 29.4. The van der Waals surface area contributed by atoms with Crippen molar-refractivity contribution in [3.8, 4) is 0 Å². The van der Waals surface area contributed by atoms with Crippen molar-refractivity contribution in [2.75, 3.05) is 12.3 Å². The van der Waals surface area contributed by atoms with Gasteiger partial charge in [0, 0.05) is 48.1 Å². The van der Waals surface area contributed by atoms with Gasteiger partial charge in [-0.25, -0.2) is 13.2 Å². The lowest BCUT2D eigenvalue weighted by atomic mass is 10.1. The highest BCUT2D eigenvalue weighted by molar-refractivity contribution is 8.14. The zero-order valence-corrected chi connectivity index (χ0v) is 20.5. The predicted octanol–water partition coefficient (Wildman–Crippen LogP) is 5.15. The molecule has 0 saturated heterocycles. The van der Waals surface area contributed by atoms with Gasteiger partial charge in [0.1, 0.15) is 17.5 Å². The maximum absolute atomic E-state index is 14.5. The van der Waals surface area contributed by atoms with Crippen molar-refractivity contribution in [3.63, 3.8) is 0 Å². The molecule has 1 aliphatic rings.